The molecule has 150 valence electrons. The van der Waals surface area contributed by atoms with Gasteiger partial charge < -0.3 is 14.6 Å². The van der Waals surface area contributed by atoms with E-state index in [0.717, 1.165) is 19.3 Å². The van der Waals surface area contributed by atoms with Gasteiger partial charge in [0.05, 0.1) is 18.4 Å². The van der Waals surface area contributed by atoms with Crippen LogP contribution in [0.15, 0.2) is 30.3 Å². The van der Waals surface area contributed by atoms with Crippen molar-refractivity contribution in [3.05, 3.63) is 30.3 Å². The number of esters is 1. The molecular formula is C20H27ClO6. The van der Waals surface area contributed by atoms with Crippen molar-refractivity contribution in [1.29, 1.82) is 0 Å². The number of rotatable bonds is 6. The molecule has 1 aromatic carbocycles. The Kier molecular flexibility index (Phi) is 10.5. The van der Waals surface area contributed by atoms with Crippen molar-refractivity contribution < 1.29 is 29.0 Å². The number of unbranched alkanes of at least 4 members (excludes halogenated alkanes) is 1. The Morgan fingerprint density at radius 3 is 2.37 bits per heavy atom. The molecule has 0 radical (unpaired) electrons. The first-order chi connectivity index (χ1) is 12.8. The third-order valence-electron chi connectivity index (χ3n) is 4.42. The highest BCUT2D eigenvalue weighted by Gasteiger charge is 2.39. The van der Waals surface area contributed by atoms with E-state index in [1.54, 1.807) is 24.3 Å². The second-order valence-corrected chi connectivity index (χ2v) is 6.95. The fourth-order valence-electron chi connectivity index (χ4n) is 2.94. The van der Waals surface area contributed by atoms with Gasteiger partial charge in [0.2, 0.25) is 0 Å². The Bertz CT molecular complexity index is 604. The zero-order valence-corrected chi connectivity index (χ0v) is 16.5. The van der Waals surface area contributed by atoms with E-state index < -0.39 is 23.2 Å². The summed E-state index contributed by atoms with van der Waals surface area (Å²) in [5.41, 5.74) is -0.814. The fourth-order valence-corrected chi connectivity index (χ4v) is 3.03. The van der Waals surface area contributed by atoms with Crippen molar-refractivity contribution in [1.82, 2.24) is 0 Å². The highest BCUT2D eigenvalue weighted by molar-refractivity contribution is 6.61. The second-order valence-electron chi connectivity index (χ2n) is 6.64. The van der Waals surface area contributed by atoms with Gasteiger partial charge in [0.15, 0.2) is 0 Å². The van der Waals surface area contributed by atoms with Crippen LogP contribution in [0.3, 0.4) is 0 Å². The van der Waals surface area contributed by atoms with Crippen molar-refractivity contribution in [2.24, 2.45) is 17.8 Å². The number of aliphatic carboxylic acids is 1. The van der Waals surface area contributed by atoms with E-state index in [-0.39, 0.29) is 5.97 Å². The maximum atomic E-state index is 11.8. The van der Waals surface area contributed by atoms with E-state index in [2.05, 4.69) is 11.7 Å². The lowest BCUT2D eigenvalue weighted by atomic mass is 9.74. The molecule has 1 fully saturated rings. The fraction of sp³-hybridized carbons (Fsp3) is 0.550. The molecule has 1 N–H and O–H groups in total. The average molecular weight is 399 g/mol. The van der Waals surface area contributed by atoms with Crippen LogP contribution in [0.1, 0.15) is 46.0 Å². The molecule has 0 saturated heterocycles. The largest absolute Gasteiger partial charge is 0.481 e. The van der Waals surface area contributed by atoms with Crippen LogP contribution in [-0.2, 0) is 14.3 Å². The minimum absolute atomic E-state index is 0.322. The van der Waals surface area contributed by atoms with Crippen LogP contribution in [0, 0.1) is 17.8 Å². The van der Waals surface area contributed by atoms with E-state index in [9.17, 15) is 14.4 Å². The number of para-hydroxylation sites is 1. The molecule has 3 atom stereocenters. The topological polar surface area (TPSA) is 89.9 Å². The van der Waals surface area contributed by atoms with Gasteiger partial charge in [0.1, 0.15) is 5.75 Å². The van der Waals surface area contributed by atoms with Crippen LogP contribution in [-0.4, -0.2) is 29.1 Å². The monoisotopic (exact) mass is 398 g/mol. The number of carbonyl (C=O) groups excluding carboxylic acids is 2. The molecule has 27 heavy (non-hydrogen) atoms. The average Bonchev–Trinajstić information content (AvgIpc) is 2.62. The lowest BCUT2D eigenvalue weighted by Gasteiger charge is -2.30. The SMILES string of the molecule is CCCCOC(=O)C1CC(C)CCC1C(=O)O.O=C(Cl)Oc1ccccc1. The Balaban J connectivity index is 0.000000309. The summed E-state index contributed by atoms with van der Waals surface area (Å²) >= 11 is 4.95. The summed E-state index contributed by atoms with van der Waals surface area (Å²) in [6.45, 7) is 4.49. The van der Waals surface area contributed by atoms with Crippen LogP contribution in [0.2, 0.25) is 0 Å². The van der Waals surface area contributed by atoms with Crippen LogP contribution >= 0.6 is 11.6 Å². The van der Waals surface area contributed by atoms with Gasteiger partial charge in [-0.3, -0.25) is 9.59 Å². The molecule has 0 heterocycles. The number of hydrogen-bond donors (Lipinski definition) is 1. The van der Waals surface area contributed by atoms with Gasteiger partial charge in [-0.15, -0.1) is 0 Å². The summed E-state index contributed by atoms with van der Waals surface area (Å²) in [5.74, 6) is -1.32. The summed E-state index contributed by atoms with van der Waals surface area (Å²) in [7, 11) is 0. The smallest absolute Gasteiger partial charge is 0.409 e. The van der Waals surface area contributed by atoms with Crippen molar-refractivity contribution in [3.63, 3.8) is 0 Å². The first-order valence-electron chi connectivity index (χ1n) is 9.16. The summed E-state index contributed by atoms with van der Waals surface area (Å²) in [6, 6.07) is 8.65. The summed E-state index contributed by atoms with van der Waals surface area (Å²) in [4.78, 5) is 33.1. The molecule has 6 nitrogen and oxygen atoms in total. The first kappa shape index (κ1) is 23.0. The normalized spacial score (nSPS) is 21.4. The molecular weight excluding hydrogens is 372 g/mol. The molecule has 7 heteroatoms. The highest BCUT2D eigenvalue weighted by atomic mass is 35.5. The van der Waals surface area contributed by atoms with E-state index in [1.807, 2.05) is 13.0 Å². The Labute approximate surface area is 164 Å². The zero-order valence-electron chi connectivity index (χ0n) is 15.7. The van der Waals surface area contributed by atoms with Gasteiger partial charge in [-0.1, -0.05) is 38.5 Å². The van der Waals surface area contributed by atoms with Crippen molar-refractivity contribution in [2.75, 3.05) is 6.61 Å². The predicted molar refractivity (Wildman–Crippen MR) is 102 cm³/mol. The summed E-state index contributed by atoms with van der Waals surface area (Å²) in [6.07, 6.45) is 3.92. The summed E-state index contributed by atoms with van der Waals surface area (Å²) < 4.78 is 9.69. The van der Waals surface area contributed by atoms with Crippen LogP contribution in [0.4, 0.5) is 4.79 Å². The molecule has 1 aromatic rings. The number of benzene rings is 1. The Hall–Kier alpha value is -2.08. The molecule has 0 aromatic heterocycles. The van der Waals surface area contributed by atoms with Crippen LogP contribution in [0.5, 0.6) is 5.75 Å². The molecule has 0 amide bonds. The quantitative estimate of drug-likeness (QED) is 0.416. The first-order valence-corrected chi connectivity index (χ1v) is 9.54. The van der Waals surface area contributed by atoms with E-state index >= 15 is 0 Å². The number of carboxylic acids is 1. The maximum Gasteiger partial charge on any atom is 0.409 e. The molecule has 0 aliphatic heterocycles. The number of hydrogen-bond acceptors (Lipinski definition) is 5. The minimum Gasteiger partial charge on any atom is -0.481 e. The second kappa shape index (κ2) is 12.3. The van der Waals surface area contributed by atoms with Gasteiger partial charge in [-0.25, -0.2) is 4.79 Å². The zero-order chi connectivity index (χ0) is 20.2. The molecule has 3 unspecified atom stereocenters. The molecule has 1 saturated carbocycles. The maximum absolute atomic E-state index is 11.8. The van der Waals surface area contributed by atoms with Gasteiger partial charge in [0.25, 0.3) is 0 Å². The van der Waals surface area contributed by atoms with Crippen molar-refractivity contribution in [2.45, 2.75) is 46.0 Å². The van der Waals surface area contributed by atoms with Gasteiger partial charge in [-0.2, -0.15) is 0 Å². The minimum atomic E-state index is -0.866. The molecule has 0 spiro atoms. The third kappa shape index (κ3) is 8.91. The van der Waals surface area contributed by atoms with Gasteiger partial charge in [0, 0.05) is 11.6 Å². The molecule has 1 aliphatic rings. The van der Waals surface area contributed by atoms with Crippen molar-refractivity contribution in [3.8, 4) is 5.75 Å². The number of carboxylic acid groups (broad SMARTS) is 1. The molecule has 1 aliphatic carbocycles. The van der Waals surface area contributed by atoms with Crippen LogP contribution in [0.25, 0.3) is 0 Å². The third-order valence-corrected chi connectivity index (χ3v) is 4.49. The number of carbonyl (C=O) groups is 3. The van der Waals surface area contributed by atoms with E-state index in [1.165, 1.54) is 0 Å². The highest BCUT2D eigenvalue weighted by Crippen LogP contribution is 2.34. The summed E-state index contributed by atoms with van der Waals surface area (Å²) in [5, 5.41) is 9.11. The standard InChI is InChI=1S/C13H22O4.C7H5ClO2/c1-3-4-7-17-13(16)11-8-9(2)5-6-10(11)12(14)15;8-7(9)10-6-4-2-1-3-5-6/h9-11H,3-8H2,1-2H3,(H,14,15);1-5H. The predicted octanol–water partition coefficient (Wildman–Crippen LogP) is 4.89. The van der Waals surface area contributed by atoms with Gasteiger partial charge in [-0.05, 0) is 43.7 Å². The van der Waals surface area contributed by atoms with E-state index in [4.69, 9.17) is 21.4 Å². The lowest BCUT2D eigenvalue weighted by molar-refractivity contribution is -0.160. The number of ether oxygens (including phenoxy) is 2. The lowest BCUT2D eigenvalue weighted by Crippen LogP contribution is -2.36. The molecule has 2 rings (SSSR count). The van der Waals surface area contributed by atoms with Crippen LogP contribution < -0.4 is 4.74 Å². The van der Waals surface area contributed by atoms with Gasteiger partial charge >= 0.3 is 17.4 Å². The number of halogens is 1. The van der Waals surface area contributed by atoms with E-state index in [0.29, 0.717) is 31.1 Å². The Morgan fingerprint density at radius 2 is 1.81 bits per heavy atom. The van der Waals surface area contributed by atoms with Crippen molar-refractivity contribution >= 4 is 29.0 Å². The molecule has 0 bridgehead atoms. The Morgan fingerprint density at radius 1 is 1.15 bits per heavy atom.